The molecule has 7 heteroatoms. The highest BCUT2D eigenvalue weighted by Gasteiger charge is 2.20. The number of ether oxygens (including phenoxy) is 1. The summed E-state index contributed by atoms with van der Waals surface area (Å²) >= 11 is 0. The van der Waals surface area contributed by atoms with E-state index in [0.717, 1.165) is 5.69 Å². The molecule has 17 heavy (non-hydrogen) atoms. The third-order valence-electron chi connectivity index (χ3n) is 2.44. The second-order valence-corrected chi connectivity index (χ2v) is 4.06. The maximum absolute atomic E-state index is 5.25. The van der Waals surface area contributed by atoms with Crippen LogP contribution in [0.25, 0.3) is 0 Å². The van der Waals surface area contributed by atoms with Crippen LogP contribution in [0.15, 0.2) is 17.0 Å². The quantitative estimate of drug-likeness (QED) is 0.827. The molecule has 0 unspecified atom stereocenters. The zero-order valence-electron chi connectivity index (χ0n) is 9.46. The molecule has 0 aliphatic heterocycles. The Morgan fingerprint density at radius 3 is 3.18 bits per heavy atom. The number of aromatic nitrogens is 4. The number of aryl methyl sites for hydroxylation is 1. The maximum Gasteiger partial charge on any atom is 0.401 e. The predicted molar refractivity (Wildman–Crippen MR) is 57.4 cm³/mol. The van der Waals surface area contributed by atoms with Gasteiger partial charge in [-0.15, -0.1) is 5.10 Å². The van der Waals surface area contributed by atoms with Gasteiger partial charge in [0.15, 0.2) is 0 Å². The van der Waals surface area contributed by atoms with Crippen molar-refractivity contribution in [2.45, 2.75) is 25.4 Å². The van der Waals surface area contributed by atoms with E-state index in [9.17, 15) is 0 Å². The molecular formula is C10H13N5O2. The number of rotatable bonds is 5. The minimum absolute atomic E-state index is 0.170. The molecule has 0 aromatic carbocycles. The predicted octanol–water partition coefficient (Wildman–Crippen LogP) is 0.847. The first-order chi connectivity index (χ1) is 8.29. The molecule has 3 rings (SSSR count). The SMILES string of the molecule is Cn1cnc(Oc2nc(CNC3CC3)co2)n1. The Balaban J connectivity index is 1.59. The molecule has 0 atom stereocenters. The maximum atomic E-state index is 5.25. The van der Waals surface area contributed by atoms with E-state index >= 15 is 0 Å². The fourth-order valence-electron chi connectivity index (χ4n) is 1.40. The second-order valence-electron chi connectivity index (χ2n) is 4.06. The Labute approximate surface area is 97.8 Å². The molecule has 1 aliphatic rings. The van der Waals surface area contributed by atoms with E-state index in [1.54, 1.807) is 24.3 Å². The van der Waals surface area contributed by atoms with Gasteiger partial charge < -0.3 is 14.5 Å². The van der Waals surface area contributed by atoms with Gasteiger partial charge in [-0.05, 0) is 12.8 Å². The van der Waals surface area contributed by atoms with Gasteiger partial charge in [0, 0.05) is 19.6 Å². The van der Waals surface area contributed by atoms with Crippen molar-refractivity contribution in [3.05, 3.63) is 18.3 Å². The van der Waals surface area contributed by atoms with Crippen LogP contribution in [-0.2, 0) is 13.6 Å². The number of hydrogen-bond donors (Lipinski definition) is 1. The van der Waals surface area contributed by atoms with Crippen LogP contribution in [-0.4, -0.2) is 25.8 Å². The standard InChI is InChI=1S/C10H13N5O2/c1-15-6-12-9(14-15)17-10-13-8(5-16-10)4-11-7-2-3-7/h5-7,11H,2-4H2,1H3. The topological polar surface area (TPSA) is 78.0 Å². The van der Waals surface area contributed by atoms with Crippen LogP contribution in [0.2, 0.25) is 0 Å². The summed E-state index contributed by atoms with van der Waals surface area (Å²) in [6.45, 7) is 0.702. The van der Waals surface area contributed by atoms with Crippen molar-refractivity contribution < 1.29 is 9.15 Å². The summed E-state index contributed by atoms with van der Waals surface area (Å²) in [7, 11) is 1.76. The zero-order chi connectivity index (χ0) is 11.7. The minimum Gasteiger partial charge on any atom is -0.417 e. The van der Waals surface area contributed by atoms with E-state index in [-0.39, 0.29) is 12.1 Å². The van der Waals surface area contributed by atoms with Crippen LogP contribution in [0.5, 0.6) is 12.1 Å². The van der Waals surface area contributed by atoms with Gasteiger partial charge in [-0.2, -0.15) is 9.97 Å². The summed E-state index contributed by atoms with van der Waals surface area (Å²) in [5, 5.41) is 7.31. The van der Waals surface area contributed by atoms with Crippen molar-refractivity contribution in [3.63, 3.8) is 0 Å². The first kappa shape index (κ1) is 10.3. The number of hydrogen-bond acceptors (Lipinski definition) is 6. The van der Waals surface area contributed by atoms with Crippen LogP contribution in [0.4, 0.5) is 0 Å². The molecule has 0 spiro atoms. The normalized spacial score (nSPS) is 15.1. The fourth-order valence-corrected chi connectivity index (χ4v) is 1.40. The summed E-state index contributed by atoms with van der Waals surface area (Å²) in [5.41, 5.74) is 0.822. The van der Waals surface area contributed by atoms with Crippen molar-refractivity contribution >= 4 is 0 Å². The summed E-state index contributed by atoms with van der Waals surface area (Å²) in [4.78, 5) is 8.09. The zero-order valence-corrected chi connectivity index (χ0v) is 9.46. The molecular weight excluding hydrogens is 222 g/mol. The summed E-state index contributed by atoms with van der Waals surface area (Å²) in [5.74, 6) is 0. The van der Waals surface area contributed by atoms with Gasteiger partial charge in [0.25, 0.3) is 0 Å². The number of oxazole rings is 1. The van der Waals surface area contributed by atoms with Gasteiger partial charge in [0.1, 0.15) is 12.6 Å². The molecule has 0 amide bonds. The van der Waals surface area contributed by atoms with Gasteiger partial charge in [0.2, 0.25) is 0 Å². The largest absolute Gasteiger partial charge is 0.417 e. The van der Waals surface area contributed by atoms with Crippen LogP contribution in [0.3, 0.4) is 0 Å². The van der Waals surface area contributed by atoms with E-state index in [1.807, 2.05) is 0 Å². The van der Waals surface area contributed by atoms with E-state index in [0.29, 0.717) is 12.6 Å². The van der Waals surface area contributed by atoms with E-state index in [4.69, 9.17) is 9.15 Å². The highest BCUT2D eigenvalue weighted by molar-refractivity contribution is 5.04. The van der Waals surface area contributed by atoms with Gasteiger partial charge in [0.05, 0.1) is 5.69 Å². The summed E-state index contributed by atoms with van der Waals surface area (Å²) in [6.07, 6.45) is 5.79. The third-order valence-corrected chi connectivity index (χ3v) is 2.44. The summed E-state index contributed by atoms with van der Waals surface area (Å²) < 4.78 is 12.0. The molecule has 1 aliphatic carbocycles. The molecule has 2 aromatic heterocycles. The lowest BCUT2D eigenvalue weighted by molar-refractivity contribution is 0.311. The molecule has 1 saturated carbocycles. The first-order valence-corrected chi connectivity index (χ1v) is 5.51. The highest BCUT2D eigenvalue weighted by atomic mass is 16.6. The van der Waals surface area contributed by atoms with Crippen molar-refractivity contribution in [2.24, 2.45) is 7.05 Å². The lowest BCUT2D eigenvalue weighted by atomic mass is 10.5. The molecule has 2 aromatic rings. The fraction of sp³-hybridized carbons (Fsp3) is 0.500. The highest BCUT2D eigenvalue weighted by Crippen LogP contribution is 2.20. The first-order valence-electron chi connectivity index (χ1n) is 5.51. The molecule has 2 heterocycles. The van der Waals surface area contributed by atoms with E-state index < -0.39 is 0 Å². The molecule has 90 valence electrons. The van der Waals surface area contributed by atoms with Crippen LogP contribution >= 0.6 is 0 Å². The second kappa shape index (κ2) is 4.17. The molecule has 1 N–H and O–H groups in total. The third kappa shape index (κ3) is 2.62. The Morgan fingerprint density at radius 1 is 1.59 bits per heavy atom. The minimum atomic E-state index is 0.170. The van der Waals surface area contributed by atoms with Gasteiger partial charge in [-0.1, -0.05) is 0 Å². The number of nitrogens with one attached hydrogen (secondary N) is 1. The Hall–Kier alpha value is -1.89. The van der Waals surface area contributed by atoms with Gasteiger partial charge in [-0.25, -0.2) is 0 Å². The van der Waals surface area contributed by atoms with Crippen molar-refractivity contribution in [1.29, 1.82) is 0 Å². The lowest BCUT2D eigenvalue weighted by Gasteiger charge is -1.96. The van der Waals surface area contributed by atoms with Gasteiger partial charge >= 0.3 is 12.1 Å². The molecule has 1 fully saturated rings. The van der Waals surface area contributed by atoms with Crippen LogP contribution in [0, 0.1) is 0 Å². The molecule has 0 radical (unpaired) electrons. The Bertz CT molecular complexity index is 502. The lowest BCUT2D eigenvalue weighted by Crippen LogP contribution is -2.15. The average Bonchev–Trinajstić information content (AvgIpc) is 2.90. The van der Waals surface area contributed by atoms with Crippen LogP contribution in [0.1, 0.15) is 18.5 Å². The van der Waals surface area contributed by atoms with E-state index in [1.165, 1.54) is 12.8 Å². The molecule has 7 nitrogen and oxygen atoms in total. The average molecular weight is 235 g/mol. The molecule has 0 bridgehead atoms. The van der Waals surface area contributed by atoms with Gasteiger partial charge in [-0.3, -0.25) is 4.68 Å². The van der Waals surface area contributed by atoms with Crippen LogP contribution < -0.4 is 10.1 Å². The smallest absolute Gasteiger partial charge is 0.401 e. The Morgan fingerprint density at radius 2 is 2.47 bits per heavy atom. The van der Waals surface area contributed by atoms with Crippen molar-refractivity contribution in [2.75, 3.05) is 0 Å². The molecule has 0 saturated heterocycles. The number of nitrogens with zero attached hydrogens (tertiary/aromatic N) is 4. The summed E-state index contributed by atoms with van der Waals surface area (Å²) in [6, 6.07) is 0.879. The Kier molecular flexibility index (Phi) is 2.52. The van der Waals surface area contributed by atoms with Crippen molar-refractivity contribution in [1.82, 2.24) is 25.1 Å². The van der Waals surface area contributed by atoms with Crippen molar-refractivity contribution in [3.8, 4) is 12.1 Å². The monoisotopic (exact) mass is 235 g/mol. The van der Waals surface area contributed by atoms with E-state index in [2.05, 4.69) is 20.4 Å².